The third-order valence-electron chi connectivity index (χ3n) is 3.61. The maximum atomic E-state index is 5.74. The summed E-state index contributed by atoms with van der Waals surface area (Å²) in [5.41, 5.74) is 11.6. The summed E-state index contributed by atoms with van der Waals surface area (Å²) in [6.45, 7) is 9.25. The van der Waals surface area contributed by atoms with E-state index in [0.717, 1.165) is 15.9 Å². The Morgan fingerprint density at radius 3 is 2.45 bits per heavy atom. The second-order valence-corrected chi connectivity index (χ2v) is 7.01. The van der Waals surface area contributed by atoms with Gasteiger partial charge in [0.15, 0.2) is 0 Å². The normalized spacial score (nSPS) is 11.9. The Bertz CT molecular complexity index is 636. The minimum Gasteiger partial charge on any atom is -0.325 e. The van der Waals surface area contributed by atoms with Gasteiger partial charge in [-0.1, -0.05) is 32.9 Å². The van der Waals surface area contributed by atoms with E-state index in [9.17, 15) is 0 Å². The molecule has 0 spiro atoms. The molecule has 2 N–H and O–H groups in total. The molecule has 2 rings (SSSR count). The highest BCUT2D eigenvalue weighted by Gasteiger charge is 2.19. The second-order valence-electron chi connectivity index (χ2n) is 6.22. The minimum absolute atomic E-state index is 0.129. The average molecular weight is 336 g/mol. The number of hydrogen-bond acceptors (Lipinski definition) is 2. The molecule has 108 valence electrons. The van der Waals surface area contributed by atoms with Crippen LogP contribution in [0.3, 0.4) is 0 Å². The maximum absolute atomic E-state index is 5.74. The zero-order chi connectivity index (χ0) is 15.1. The summed E-state index contributed by atoms with van der Waals surface area (Å²) in [4.78, 5) is 0. The predicted molar refractivity (Wildman–Crippen MR) is 87.7 cm³/mol. The molecule has 0 atom stereocenters. The molecule has 0 aliphatic rings. The molecule has 0 aliphatic heterocycles. The van der Waals surface area contributed by atoms with E-state index in [2.05, 4.69) is 66.9 Å². The standard InChI is InChI=1S/C16H22BrN3/c1-10-6-7-11(16(2,3)4)8-12(10)15-14(17)13(9-18)19-20(15)5/h6-8H,9,18H2,1-5H3. The molecule has 0 saturated carbocycles. The first-order chi connectivity index (χ1) is 9.25. The van der Waals surface area contributed by atoms with E-state index in [4.69, 9.17) is 5.73 Å². The van der Waals surface area contributed by atoms with Crippen molar-refractivity contribution in [1.82, 2.24) is 9.78 Å². The second kappa shape index (κ2) is 5.34. The smallest absolute Gasteiger partial charge is 0.0908 e. The molecule has 1 aromatic carbocycles. The van der Waals surface area contributed by atoms with Crippen LogP contribution in [0.1, 0.15) is 37.6 Å². The molecule has 0 saturated heterocycles. The van der Waals surface area contributed by atoms with Crippen molar-refractivity contribution >= 4 is 15.9 Å². The monoisotopic (exact) mass is 335 g/mol. The largest absolute Gasteiger partial charge is 0.325 e. The zero-order valence-electron chi connectivity index (χ0n) is 12.8. The van der Waals surface area contributed by atoms with Crippen molar-refractivity contribution in [1.29, 1.82) is 0 Å². The van der Waals surface area contributed by atoms with Crippen molar-refractivity contribution in [3.8, 4) is 11.3 Å². The lowest BCUT2D eigenvalue weighted by Gasteiger charge is -2.21. The van der Waals surface area contributed by atoms with Gasteiger partial charge in [-0.25, -0.2) is 0 Å². The van der Waals surface area contributed by atoms with Crippen LogP contribution in [0.2, 0.25) is 0 Å². The van der Waals surface area contributed by atoms with E-state index >= 15 is 0 Å². The summed E-state index contributed by atoms with van der Waals surface area (Å²) in [6, 6.07) is 6.64. The molecule has 4 heteroatoms. The number of aromatic nitrogens is 2. The lowest BCUT2D eigenvalue weighted by atomic mass is 9.85. The van der Waals surface area contributed by atoms with Gasteiger partial charge in [-0.3, -0.25) is 4.68 Å². The van der Waals surface area contributed by atoms with Crippen molar-refractivity contribution in [2.45, 2.75) is 39.7 Å². The van der Waals surface area contributed by atoms with E-state index in [1.165, 1.54) is 16.7 Å². The molecule has 0 fully saturated rings. The summed E-state index contributed by atoms with van der Waals surface area (Å²) in [5, 5.41) is 4.48. The molecule has 0 radical (unpaired) electrons. The number of nitrogens with zero attached hydrogens (tertiary/aromatic N) is 2. The highest BCUT2D eigenvalue weighted by molar-refractivity contribution is 9.10. The predicted octanol–water partition coefficient (Wildman–Crippen LogP) is 3.91. The van der Waals surface area contributed by atoms with Crippen molar-refractivity contribution in [3.05, 3.63) is 39.5 Å². The molecule has 0 unspecified atom stereocenters. The zero-order valence-corrected chi connectivity index (χ0v) is 14.4. The van der Waals surface area contributed by atoms with E-state index in [-0.39, 0.29) is 5.41 Å². The van der Waals surface area contributed by atoms with Crippen LogP contribution >= 0.6 is 15.9 Å². The topological polar surface area (TPSA) is 43.8 Å². The van der Waals surface area contributed by atoms with Gasteiger partial charge >= 0.3 is 0 Å². The Labute approximate surface area is 129 Å². The summed E-state index contributed by atoms with van der Waals surface area (Å²) < 4.78 is 2.90. The van der Waals surface area contributed by atoms with Gasteiger partial charge in [-0.15, -0.1) is 0 Å². The van der Waals surface area contributed by atoms with Gasteiger partial charge in [-0.2, -0.15) is 5.10 Å². The Morgan fingerprint density at radius 1 is 1.30 bits per heavy atom. The van der Waals surface area contributed by atoms with Gasteiger partial charge in [0.1, 0.15) is 0 Å². The minimum atomic E-state index is 0.129. The molecule has 3 nitrogen and oxygen atoms in total. The summed E-state index contributed by atoms with van der Waals surface area (Å²) in [5.74, 6) is 0. The van der Waals surface area contributed by atoms with Gasteiger partial charge in [0, 0.05) is 19.2 Å². The van der Waals surface area contributed by atoms with Crippen LogP contribution in [0.25, 0.3) is 11.3 Å². The van der Waals surface area contributed by atoms with Crippen LogP contribution in [-0.4, -0.2) is 9.78 Å². The first-order valence-corrected chi connectivity index (χ1v) is 7.58. The quantitative estimate of drug-likeness (QED) is 0.903. The summed E-state index contributed by atoms with van der Waals surface area (Å²) >= 11 is 3.64. The van der Waals surface area contributed by atoms with E-state index in [1.807, 2.05) is 11.7 Å². The highest BCUT2D eigenvalue weighted by atomic mass is 79.9. The molecular formula is C16H22BrN3. The number of aryl methyl sites for hydroxylation is 2. The van der Waals surface area contributed by atoms with Gasteiger partial charge in [0.25, 0.3) is 0 Å². The van der Waals surface area contributed by atoms with Crippen LogP contribution in [0.5, 0.6) is 0 Å². The molecule has 0 bridgehead atoms. The lowest BCUT2D eigenvalue weighted by Crippen LogP contribution is -2.11. The lowest BCUT2D eigenvalue weighted by molar-refractivity contribution is 0.590. The number of nitrogens with two attached hydrogens (primary N) is 1. The molecular weight excluding hydrogens is 314 g/mol. The fraction of sp³-hybridized carbons (Fsp3) is 0.438. The SMILES string of the molecule is Cc1ccc(C(C)(C)C)cc1-c1c(Br)c(CN)nn1C. The van der Waals surface area contributed by atoms with Crippen LogP contribution in [0, 0.1) is 6.92 Å². The fourth-order valence-corrected chi connectivity index (χ4v) is 3.03. The average Bonchev–Trinajstić information content (AvgIpc) is 2.64. The Balaban J connectivity index is 2.67. The van der Waals surface area contributed by atoms with E-state index in [0.29, 0.717) is 6.54 Å². The Kier molecular flexibility index (Phi) is 4.07. The molecule has 1 heterocycles. The van der Waals surface area contributed by atoms with Crippen molar-refractivity contribution in [3.63, 3.8) is 0 Å². The Morgan fingerprint density at radius 2 is 1.95 bits per heavy atom. The number of rotatable bonds is 2. The first kappa shape index (κ1) is 15.3. The third kappa shape index (κ3) is 2.67. The van der Waals surface area contributed by atoms with Gasteiger partial charge in [0.05, 0.1) is 15.9 Å². The number of halogens is 1. The van der Waals surface area contributed by atoms with Crippen LogP contribution in [-0.2, 0) is 19.0 Å². The third-order valence-corrected chi connectivity index (χ3v) is 4.44. The fourth-order valence-electron chi connectivity index (χ4n) is 2.32. The maximum Gasteiger partial charge on any atom is 0.0908 e. The molecule has 20 heavy (non-hydrogen) atoms. The summed E-state index contributed by atoms with van der Waals surface area (Å²) in [7, 11) is 1.96. The summed E-state index contributed by atoms with van der Waals surface area (Å²) in [6.07, 6.45) is 0. The van der Waals surface area contributed by atoms with Gasteiger partial charge in [0.2, 0.25) is 0 Å². The molecule has 0 amide bonds. The van der Waals surface area contributed by atoms with Crippen LogP contribution in [0.4, 0.5) is 0 Å². The Hall–Kier alpha value is -1.13. The van der Waals surface area contributed by atoms with Gasteiger partial charge < -0.3 is 5.73 Å². The van der Waals surface area contributed by atoms with E-state index < -0.39 is 0 Å². The van der Waals surface area contributed by atoms with Crippen LogP contribution in [0.15, 0.2) is 22.7 Å². The molecule has 2 aromatic rings. The van der Waals surface area contributed by atoms with Crippen molar-refractivity contribution in [2.24, 2.45) is 12.8 Å². The van der Waals surface area contributed by atoms with Crippen LogP contribution < -0.4 is 5.73 Å². The van der Waals surface area contributed by atoms with E-state index in [1.54, 1.807) is 0 Å². The molecule has 1 aromatic heterocycles. The first-order valence-electron chi connectivity index (χ1n) is 6.78. The molecule has 0 aliphatic carbocycles. The highest BCUT2D eigenvalue weighted by Crippen LogP contribution is 2.35. The van der Waals surface area contributed by atoms with Crippen molar-refractivity contribution < 1.29 is 0 Å². The number of hydrogen-bond donors (Lipinski definition) is 1. The van der Waals surface area contributed by atoms with Crippen molar-refractivity contribution in [2.75, 3.05) is 0 Å². The number of benzene rings is 1. The van der Waals surface area contributed by atoms with Gasteiger partial charge in [-0.05, 0) is 45.5 Å².